The van der Waals surface area contributed by atoms with E-state index in [-0.39, 0.29) is 13.2 Å². The predicted octanol–water partition coefficient (Wildman–Crippen LogP) is 2.73. The van der Waals surface area contributed by atoms with Crippen molar-refractivity contribution >= 4 is 5.96 Å². The van der Waals surface area contributed by atoms with Crippen molar-refractivity contribution in [2.45, 2.75) is 26.4 Å². The molecule has 2 rings (SSSR count). The monoisotopic (exact) mass is 415 g/mol. The van der Waals surface area contributed by atoms with Gasteiger partial charge >= 0.3 is 0 Å². The maximum atomic E-state index is 9.02. The number of benzene rings is 2. The largest absolute Gasteiger partial charge is 0.497 e. The Labute approximate surface area is 179 Å². The van der Waals surface area contributed by atoms with E-state index < -0.39 is 0 Å². The Balaban J connectivity index is 1.99. The first-order valence-electron chi connectivity index (χ1n) is 10.3. The Kier molecular flexibility index (Phi) is 11.2. The molecule has 0 radical (unpaired) electrons. The molecule has 3 N–H and O–H groups in total. The first kappa shape index (κ1) is 23.5. The van der Waals surface area contributed by atoms with E-state index >= 15 is 0 Å². The Morgan fingerprint density at radius 1 is 1.03 bits per heavy atom. The smallest absolute Gasteiger partial charge is 0.191 e. The molecule has 0 aromatic heterocycles. The molecule has 0 saturated heterocycles. The molecule has 0 heterocycles. The maximum absolute atomic E-state index is 9.02. The van der Waals surface area contributed by atoms with Gasteiger partial charge in [-0.3, -0.25) is 0 Å². The summed E-state index contributed by atoms with van der Waals surface area (Å²) in [7, 11) is 1.66. The summed E-state index contributed by atoms with van der Waals surface area (Å²) >= 11 is 0. The molecular weight excluding hydrogens is 382 g/mol. The lowest BCUT2D eigenvalue weighted by Gasteiger charge is -2.15. The first-order chi connectivity index (χ1) is 14.8. The van der Waals surface area contributed by atoms with Gasteiger partial charge in [0.1, 0.15) is 18.1 Å². The van der Waals surface area contributed by atoms with Gasteiger partial charge in [0.05, 0.1) is 20.3 Å². The van der Waals surface area contributed by atoms with E-state index in [0.29, 0.717) is 19.7 Å². The standard InChI is InChI=1S/C23H33N3O4/c1-3-29-15-6-13-24-23(25-17-19-9-11-21(28-2)12-10-19)26-18-20-7-4-5-8-22(20)30-16-14-27/h4-5,7-12,27H,3,6,13-18H2,1-2H3,(H2,24,25,26). The van der Waals surface area contributed by atoms with Crippen molar-refractivity contribution in [3.8, 4) is 11.5 Å². The highest BCUT2D eigenvalue weighted by molar-refractivity contribution is 5.79. The number of hydrogen-bond acceptors (Lipinski definition) is 5. The first-order valence-corrected chi connectivity index (χ1v) is 10.3. The fourth-order valence-corrected chi connectivity index (χ4v) is 2.73. The van der Waals surface area contributed by atoms with Crippen LogP contribution in [0.3, 0.4) is 0 Å². The highest BCUT2D eigenvalue weighted by atomic mass is 16.5. The van der Waals surface area contributed by atoms with Crippen LogP contribution >= 0.6 is 0 Å². The van der Waals surface area contributed by atoms with E-state index in [1.54, 1.807) is 7.11 Å². The molecule has 0 aliphatic carbocycles. The van der Waals surface area contributed by atoms with Gasteiger partial charge in [-0.2, -0.15) is 0 Å². The van der Waals surface area contributed by atoms with Crippen LogP contribution in [0.4, 0.5) is 0 Å². The topological polar surface area (TPSA) is 84.3 Å². The fraction of sp³-hybridized carbons (Fsp3) is 0.435. The molecule has 2 aromatic rings. The molecule has 0 aliphatic heterocycles. The SMILES string of the molecule is CCOCCCNC(=NCc1ccc(OC)cc1)NCc1ccccc1OCCO. The third-order valence-electron chi connectivity index (χ3n) is 4.31. The van der Waals surface area contributed by atoms with Crippen LogP contribution in [-0.2, 0) is 17.8 Å². The highest BCUT2D eigenvalue weighted by Gasteiger charge is 2.05. The van der Waals surface area contributed by atoms with Crippen LogP contribution in [0.1, 0.15) is 24.5 Å². The number of rotatable bonds is 13. The van der Waals surface area contributed by atoms with E-state index in [1.165, 1.54) is 0 Å². The second kappa shape index (κ2) is 14.3. The van der Waals surface area contributed by atoms with Gasteiger partial charge in [0.2, 0.25) is 0 Å². The van der Waals surface area contributed by atoms with E-state index in [9.17, 15) is 0 Å². The zero-order chi connectivity index (χ0) is 21.4. The van der Waals surface area contributed by atoms with Gasteiger partial charge < -0.3 is 30.0 Å². The summed E-state index contributed by atoms with van der Waals surface area (Å²) in [6, 6.07) is 15.7. The number of ether oxygens (including phenoxy) is 3. The number of methoxy groups -OCH3 is 1. The number of aliphatic hydroxyl groups is 1. The molecule has 0 fully saturated rings. The molecule has 0 bridgehead atoms. The summed E-state index contributed by atoms with van der Waals surface area (Å²) < 4.78 is 16.2. The third kappa shape index (κ3) is 8.71. The van der Waals surface area contributed by atoms with E-state index in [2.05, 4.69) is 10.6 Å². The summed E-state index contributed by atoms with van der Waals surface area (Å²) in [5, 5.41) is 15.7. The Bertz CT molecular complexity index is 750. The molecule has 0 spiro atoms. The molecule has 30 heavy (non-hydrogen) atoms. The van der Waals surface area contributed by atoms with E-state index in [1.807, 2.05) is 55.5 Å². The van der Waals surface area contributed by atoms with Crippen LogP contribution in [0.25, 0.3) is 0 Å². The van der Waals surface area contributed by atoms with Crippen LogP contribution in [-0.4, -0.2) is 51.1 Å². The molecule has 164 valence electrons. The Morgan fingerprint density at radius 2 is 1.83 bits per heavy atom. The minimum Gasteiger partial charge on any atom is -0.497 e. The second-order valence-corrected chi connectivity index (χ2v) is 6.52. The Hall–Kier alpha value is -2.77. The summed E-state index contributed by atoms with van der Waals surface area (Å²) in [6.07, 6.45) is 0.896. The number of hydrogen-bond donors (Lipinski definition) is 3. The number of nitrogens with zero attached hydrogens (tertiary/aromatic N) is 1. The van der Waals surface area contributed by atoms with Crippen molar-refractivity contribution < 1.29 is 19.3 Å². The normalized spacial score (nSPS) is 11.2. The van der Waals surface area contributed by atoms with Crippen LogP contribution in [0.15, 0.2) is 53.5 Å². The minimum absolute atomic E-state index is 0.0162. The third-order valence-corrected chi connectivity index (χ3v) is 4.31. The summed E-state index contributed by atoms with van der Waals surface area (Å²) in [4.78, 5) is 4.71. The lowest BCUT2D eigenvalue weighted by molar-refractivity contribution is 0.145. The molecule has 7 nitrogen and oxygen atoms in total. The molecule has 0 unspecified atom stereocenters. The van der Waals surface area contributed by atoms with Gasteiger partial charge in [-0.1, -0.05) is 30.3 Å². The van der Waals surface area contributed by atoms with Crippen molar-refractivity contribution in [3.63, 3.8) is 0 Å². The van der Waals surface area contributed by atoms with Crippen molar-refractivity contribution in [2.75, 3.05) is 40.1 Å². The predicted molar refractivity (Wildman–Crippen MR) is 119 cm³/mol. The van der Waals surface area contributed by atoms with Crippen molar-refractivity contribution in [2.24, 2.45) is 4.99 Å². The molecule has 0 saturated carbocycles. The van der Waals surface area contributed by atoms with Gasteiger partial charge in [0, 0.05) is 31.9 Å². The van der Waals surface area contributed by atoms with Gasteiger partial charge in [0.25, 0.3) is 0 Å². The molecule has 0 amide bonds. The van der Waals surface area contributed by atoms with Crippen LogP contribution < -0.4 is 20.1 Å². The van der Waals surface area contributed by atoms with Crippen molar-refractivity contribution in [1.29, 1.82) is 0 Å². The number of aliphatic imine (C=N–C) groups is 1. The molecule has 2 aromatic carbocycles. The quantitative estimate of drug-likeness (QED) is 0.265. The lowest BCUT2D eigenvalue weighted by atomic mass is 10.2. The van der Waals surface area contributed by atoms with Crippen LogP contribution in [0.5, 0.6) is 11.5 Å². The number of para-hydroxylation sites is 1. The van der Waals surface area contributed by atoms with Gasteiger partial charge in [-0.05, 0) is 37.1 Å². The van der Waals surface area contributed by atoms with Gasteiger partial charge in [0.15, 0.2) is 5.96 Å². The highest BCUT2D eigenvalue weighted by Crippen LogP contribution is 2.17. The summed E-state index contributed by atoms with van der Waals surface area (Å²) in [6.45, 7) is 5.55. The van der Waals surface area contributed by atoms with Crippen LogP contribution in [0.2, 0.25) is 0 Å². The van der Waals surface area contributed by atoms with Gasteiger partial charge in [-0.15, -0.1) is 0 Å². The Morgan fingerprint density at radius 3 is 2.57 bits per heavy atom. The molecular formula is C23H33N3O4. The zero-order valence-corrected chi connectivity index (χ0v) is 17.9. The van der Waals surface area contributed by atoms with E-state index in [4.69, 9.17) is 24.3 Å². The number of nitrogens with one attached hydrogen (secondary N) is 2. The fourth-order valence-electron chi connectivity index (χ4n) is 2.73. The maximum Gasteiger partial charge on any atom is 0.191 e. The molecule has 7 heteroatoms. The lowest BCUT2D eigenvalue weighted by Crippen LogP contribution is -2.38. The minimum atomic E-state index is -0.0162. The number of guanidine groups is 1. The van der Waals surface area contributed by atoms with Gasteiger partial charge in [-0.25, -0.2) is 4.99 Å². The summed E-state index contributed by atoms with van der Waals surface area (Å²) in [5.74, 6) is 2.30. The average molecular weight is 416 g/mol. The zero-order valence-electron chi connectivity index (χ0n) is 17.9. The van der Waals surface area contributed by atoms with Crippen molar-refractivity contribution in [3.05, 3.63) is 59.7 Å². The molecule has 0 atom stereocenters. The summed E-state index contributed by atoms with van der Waals surface area (Å²) in [5.41, 5.74) is 2.09. The molecule has 0 aliphatic rings. The van der Waals surface area contributed by atoms with Crippen molar-refractivity contribution in [1.82, 2.24) is 10.6 Å². The number of aliphatic hydroxyl groups excluding tert-OH is 1. The second-order valence-electron chi connectivity index (χ2n) is 6.52. The van der Waals surface area contributed by atoms with E-state index in [0.717, 1.165) is 48.2 Å². The van der Waals surface area contributed by atoms with Crippen LogP contribution in [0, 0.1) is 0 Å². The average Bonchev–Trinajstić information content (AvgIpc) is 2.79.